The average Bonchev–Trinajstić information content (AvgIpc) is 2.75. The number of methoxy groups -OCH3 is 1. The standard InChI is InChI=1S/C10H10Cl2OSe/c1-13-7-2-4-8(5-3-7)14-9-6-10(9,11)12/h2-5,9H,6H2,1H3. The third-order valence-corrected chi connectivity index (χ3v) is 6.46. The second-order valence-corrected chi connectivity index (χ2v) is 7.47. The molecule has 76 valence electrons. The number of benzene rings is 1. The van der Waals surface area contributed by atoms with Crippen LogP contribution in [0.1, 0.15) is 6.42 Å². The summed E-state index contributed by atoms with van der Waals surface area (Å²) < 4.78 is 5.97. The summed E-state index contributed by atoms with van der Waals surface area (Å²) in [6.07, 6.45) is 0.933. The van der Waals surface area contributed by atoms with Crippen LogP contribution < -0.4 is 9.20 Å². The van der Waals surface area contributed by atoms with Crippen molar-refractivity contribution in [1.82, 2.24) is 0 Å². The van der Waals surface area contributed by atoms with Crippen molar-refractivity contribution in [2.24, 2.45) is 0 Å². The quantitative estimate of drug-likeness (QED) is 0.615. The maximum absolute atomic E-state index is 5.97. The molecule has 0 heterocycles. The molecular weight excluding hydrogens is 286 g/mol. The molecule has 0 spiro atoms. The molecular formula is C10H10Cl2OSe. The predicted octanol–water partition coefficient (Wildman–Crippen LogP) is 2.39. The van der Waals surface area contributed by atoms with E-state index in [2.05, 4.69) is 12.1 Å². The first-order chi connectivity index (χ1) is 6.62. The number of hydrogen-bond acceptors (Lipinski definition) is 1. The molecule has 0 saturated heterocycles. The van der Waals surface area contributed by atoms with E-state index in [0.29, 0.717) is 19.8 Å². The van der Waals surface area contributed by atoms with Gasteiger partial charge in [0.15, 0.2) is 0 Å². The van der Waals surface area contributed by atoms with E-state index in [1.54, 1.807) is 7.11 Å². The van der Waals surface area contributed by atoms with Gasteiger partial charge in [-0.05, 0) is 0 Å². The van der Waals surface area contributed by atoms with Crippen LogP contribution in [0.3, 0.4) is 0 Å². The monoisotopic (exact) mass is 296 g/mol. The van der Waals surface area contributed by atoms with Gasteiger partial charge < -0.3 is 0 Å². The Morgan fingerprint density at radius 3 is 2.36 bits per heavy atom. The molecule has 0 aliphatic heterocycles. The third kappa shape index (κ3) is 2.37. The van der Waals surface area contributed by atoms with E-state index in [1.165, 1.54) is 4.46 Å². The number of halogens is 2. The minimum atomic E-state index is -0.445. The van der Waals surface area contributed by atoms with Gasteiger partial charge >= 0.3 is 100 Å². The predicted molar refractivity (Wildman–Crippen MR) is 61.2 cm³/mol. The van der Waals surface area contributed by atoms with Crippen LogP contribution in [0, 0.1) is 0 Å². The zero-order chi connectivity index (χ0) is 10.2. The second kappa shape index (κ2) is 3.94. The molecule has 1 saturated carbocycles. The Bertz CT molecular complexity index is 323. The molecule has 0 N–H and O–H groups in total. The Labute approximate surface area is 99.9 Å². The van der Waals surface area contributed by atoms with Crippen molar-refractivity contribution >= 4 is 42.6 Å². The normalized spacial score (nSPS) is 23.2. The zero-order valence-electron chi connectivity index (χ0n) is 7.67. The maximum atomic E-state index is 5.97. The molecule has 14 heavy (non-hydrogen) atoms. The summed E-state index contributed by atoms with van der Waals surface area (Å²) in [4.78, 5) is 0.478. The van der Waals surface area contributed by atoms with E-state index in [4.69, 9.17) is 27.9 Å². The van der Waals surface area contributed by atoms with Gasteiger partial charge in [0.2, 0.25) is 0 Å². The van der Waals surface area contributed by atoms with Crippen molar-refractivity contribution in [3.8, 4) is 5.75 Å². The Morgan fingerprint density at radius 2 is 1.93 bits per heavy atom. The minimum absolute atomic E-state index is 0.385. The number of hydrogen-bond donors (Lipinski definition) is 0. The van der Waals surface area contributed by atoms with Gasteiger partial charge in [0.1, 0.15) is 0 Å². The van der Waals surface area contributed by atoms with Crippen LogP contribution in [-0.2, 0) is 0 Å². The van der Waals surface area contributed by atoms with Crippen LogP contribution >= 0.6 is 23.2 Å². The van der Waals surface area contributed by atoms with Gasteiger partial charge in [-0.1, -0.05) is 0 Å². The molecule has 1 aliphatic carbocycles. The summed E-state index contributed by atoms with van der Waals surface area (Å²) >= 11 is 12.3. The van der Waals surface area contributed by atoms with Crippen LogP contribution in [-0.4, -0.2) is 26.4 Å². The molecule has 0 radical (unpaired) electrons. The summed E-state index contributed by atoms with van der Waals surface area (Å²) in [6, 6.07) is 8.12. The fourth-order valence-electron chi connectivity index (χ4n) is 1.13. The van der Waals surface area contributed by atoms with Crippen molar-refractivity contribution < 1.29 is 4.74 Å². The van der Waals surface area contributed by atoms with Crippen LogP contribution in [0.5, 0.6) is 5.75 Å². The summed E-state index contributed by atoms with van der Waals surface area (Å²) in [5, 5.41) is 0. The van der Waals surface area contributed by atoms with Crippen molar-refractivity contribution in [2.75, 3.05) is 7.11 Å². The van der Waals surface area contributed by atoms with Gasteiger partial charge in [0, 0.05) is 0 Å². The van der Waals surface area contributed by atoms with Crippen molar-refractivity contribution in [1.29, 1.82) is 0 Å². The van der Waals surface area contributed by atoms with Gasteiger partial charge in [0.25, 0.3) is 0 Å². The first-order valence-corrected chi connectivity index (χ1v) is 6.90. The number of rotatable bonds is 3. The van der Waals surface area contributed by atoms with Gasteiger partial charge in [-0.15, -0.1) is 0 Å². The molecule has 1 atom stereocenters. The van der Waals surface area contributed by atoms with E-state index in [1.807, 2.05) is 12.1 Å². The fourth-order valence-corrected chi connectivity index (χ4v) is 4.71. The molecule has 0 bridgehead atoms. The Balaban J connectivity index is 1.98. The molecule has 4 heteroatoms. The van der Waals surface area contributed by atoms with Crippen molar-refractivity contribution in [2.45, 2.75) is 15.6 Å². The molecule has 0 aromatic heterocycles. The topological polar surface area (TPSA) is 9.23 Å². The summed E-state index contributed by atoms with van der Waals surface area (Å²) in [6.45, 7) is 0. The Kier molecular flexibility index (Phi) is 2.99. The first-order valence-electron chi connectivity index (χ1n) is 4.30. The van der Waals surface area contributed by atoms with E-state index in [-0.39, 0.29) is 0 Å². The Morgan fingerprint density at radius 1 is 1.36 bits per heavy atom. The molecule has 1 aliphatic rings. The van der Waals surface area contributed by atoms with Gasteiger partial charge in [-0.2, -0.15) is 0 Å². The zero-order valence-corrected chi connectivity index (χ0v) is 10.9. The van der Waals surface area contributed by atoms with Gasteiger partial charge in [0.05, 0.1) is 0 Å². The summed E-state index contributed by atoms with van der Waals surface area (Å²) in [7, 11) is 1.67. The van der Waals surface area contributed by atoms with Crippen LogP contribution in [0.2, 0.25) is 4.82 Å². The van der Waals surface area contributed by atoms with E-state index in [9.17, 15) is 0 Å². The molecule has 1 aromatic rings. The van der Waals surface area contributed by atoms with Crippen LogP contribution in [0.4, 0.5) is 0 Å². The molecule has 0 amide bonds. The first kappa shape index (κ1) is 10.6. The number of ether oxygens (including phenoxy) is 1. The number of alkyl halides is 2. The van der Waals surface area contributed by atoms with Crippen LogP contribution in [0.25, 0.3) is 0 Å². The van der Waals surface area contributed by atoms with E-state index >= 15 is 0 Å². The van der Waals surface area contributed by atoms with E-state index < -0.39 is 4.33 Å². The second-order valence-electron chi connectivity index (χ2n) is 3.25. The third-order valence-electron chi connectivity index (χ3n) is 2.11. The van der Waals surface area contributed by atoms with Gasteiger partial charge in [-0.3, -0.25) is 0 Å². The van der Waals surface area contributed by atoms with Crippen molar-refractivity contribution in [3.05, 3.63) is 24.3 Å². The van der Waals surface area contributed by atoms with Crippen LogP contribution in [0.15, 0.2) is 24.3 Å². The Hall–Kier alpha value is 0.119. The fraction of sp³-hybridized carbons (Fsp3) is 0.400. The summed E-state index contributed by atoms with van der Waals surface area (Å²) in [5.74, 6) is 0.892. The van der Waals surface area contributed by atoms with E-state index in [0.717, 1.165) is 12.2 Å². The molecule has 1 unspecified atom stereocenters. The molecule has 1 nitrogen and oxygen atoms in total. The SMILES string of the molecule is COc1ccc([Se]C2CC2(Cl)Cl)cc1. The average molecular weight is 296 g/mol. The molecule has 2 rings (SSSR count). The summed E-state index contributed by atoms with van der Waals surface area (Å²) in [5.41, 5.74) is 0. The van der Waals surface area contributed by atoms with Gasteiger partial charge in [-0.25, -0.2) is 0 Å². The van der Waals surface area contributed by atoms with Crippen molar-refractivity contribution in [3.63, 3.8) is 0 Å². The molecule has 1 fully saturated rings. The molecule has 1 aromatic carbocycles.